The lowest BCUT2D eigenvalue weighted by Crippen LogP contribution is -2.19. The molecule has 16 heteroatoms. The van der Waals surface area contributed by atoms with Gasteiger partial charge in [-0.1, -0.05) is 24.3 Å². The smallest absolute Gasteiger partial charge is 0.279 e. The molecule has 190 valence electrons. The maximum Gasteiger partial charge on any atom is 0.289 e. The van der Waals surface area contributed by atoms with Crippen LogP contribution in [-0.4, -0.2) is 34.8 Å². The lowest BCUT2D eigenvalue weighted by Gasteiger charge is -2.09. The third-order valence-electron chi connectivity index (χ3n) is 4.82. The number of amides is 1. The minimum Gasteiger partial charge on any atom is -0.279 e. The van der Waals surface area contributed by atoms with Crippen molar-refractivity contribution in [3.63, 3.8) is 0 Å². The predicted molar refractivity (Wildman–Crippen MR) is 130 cm³/mol. The first-order valence-corrected chi connectivity index (χ1v) is 11.5. The Hall–Kier alpha value is -5.25. The van der Waals surface area contributed by atoms with Crippen LogP contribution in [0.2, 0.25) is 0 Å². The fourth-order valence-corrected chi connectivity index (χ4v) is 4.26. The van der Waals surface area contributed by atoms with Crippen LogP contribution in [0.25, 0.3) is 0 Å². The van der Waals surface area contributed by atoms with E-state index in [4.69, 9.17) is 0 Å². The van der Waals surface area contributed by atoms with Crippen molar-refractivity contribution < 1.29 is 28.0 Å². The summed E-state index contributed by atoms with van der Waals surface area (Å²) in [7, 11) is -4.27. The van der Waals surface area contributed by atoms with E-state index in [9.17, 15) is 43.6 Å². The molecule has 3 aromatic rings. The molecule has 0 aliphatic carbocycles. The third-order valence-corrected chi connectivity index (χ3v) is 6.25. The van der Waals surface area contributed by atoms with Crippen molar-refractivity contribution >= 4 is 44.4 Å². The molecule has 3 aromatic carbocycles. The van der Waals surface area contributed by atoms with Crippen LogP contribution in [0.4, 0.5) is 22.7 Å². The Labute approximate surface area is 207 Å². The quantitative estimate of drug-likeness (QED) is 0.236. The maximum absolute atomic E-state index is 12.6. The average Bonchev–Trinajstić information content (AvgIpc) is 2.86. The first-order valence-electron chi connectivity index (χ1n) is 10.0. The molecule has 0 unspecified atom stereocenters. The number of non-ortho nitro benzene ring substituents is 2. The van der Waals surface area contributed by atoms with Crippen LogP contribution in [0.5, 0.6) is 0 Å². The molecule has 0 bridgehead atoms. The molecule has 0 spiro atoms. The Morgan fingerprint density at radius 2 is 1.38 bits per heavy atom. The maximum atomic E-state index is 12.6. The van der Waals surface area contributed by atoms with Crippen molar-refractivity contribution in [2.24, 2.45) is 5.10 Å². The summed E-state index contributed by atoms with van der Waals surface area (Å²) in [4.78, 5) is 42.4. The van der Waals surface area contributed by atoms with Gasteiger partial charge in [-0.2, -0.15) is 5.10 Å². The Bertz CT molecular complexity index is 1520. The third kappa shape index (κ3) is 6.25. The van der Waals surface area contributed by atoms with Crippen LogP contribution in [0, 0.1) is 30.3 Å². The summed E-state index contributed by atoms with van der Waals surface area (Å²) in [5, 5.41) is 37.0. The molecule has 0 aliphatic rings. The van der Waals surface area contributed by atoms with Crippen molar-refractivity contribution in [2.45, 2.75) is 11.8 Å². The number of rotatable bonds is 9. The molecule has 15 nitrogen and oxygen atoms in total. The van der Waals surface area contributed by atoms with Gasteiger partial charge in [-0.25, -0.2) is 13.8 Å². The Kier molecular flexibility index (Phi) is 7.53. The number of nitro benzene ring substituents is 3. The number of carbonyl (C=O) groups excluding carboxylic acids is 1. The van der Waals surface area contributed by atoms with Crippen molar-refractivity contribution in [1.82, 2.24) is 5.43 Å². The lowest BCUT2D eigenvalue weighted by molar-refractivity contribution is -0.394. The van der Waals surface area contributed by atoms with Gasteiger partial charge >= 0.3 is 0 Å². The second-order valence-electron chi connectivity index (χ2n) is 7.30. The van der Waals surface area contributed by atoms with E-state index in [0.29, 0.717) is 5.56 Å². The van der Waals surface area contributed by atoms with E-state index in [1.165, 1.54) is 43.3 Å². The monoisotopic (exact) mass is 528 g/mol. The summed E-state index contributed by atoms with van der Waals surface area (Å²) in [6.45, 7) is 1.50. The molecule has 0 saturated heterocycles. The molecule has 0 atom stereocenters. The van der Waals surface area contributed by atoms with Gasteiger partial charge in [0.05, 0.1) is 32.1 Å². The van der Waals surface area contributed by atoms with Crippen LogP contribution < -0.4 is 10.1 Å². The molecule has 2 N–H and O–H groups in total. The minimum absolute atomic E-state index is 0.0997. The van der Waals surface area contributed by atoms with E-state index >= 15 is 0 Å². The Morgan fingerprint density at radius 3 is 1.92 bits per heavy atom. The number of hydrazone groups is 1. The summed E-state index contributed by atoms with van der Waals surface area (Å²) in [5.41, 5.74) is 0.730. The van der Waals surface area contributed by atoms with Crippen LogP contribution >= 0.6 is 0 Å². The number of nitrogens with zero attached hydrogens (tertiary/aromatic N) is 4. The fourth-order valence-electron chi connectivity index (χ4n) is 3.03. The van der Waals surface area contributed by atoms with Crippen LogP contribution in [0.15, 0.2) is 76.7 Å². The molecular weight excluding hydrogens is 512 g/mol. The highest BCUT2D eigenvalue weighted by atomic mass is 32.2. The molecule has 3 rings (SSSR count). The van der Waals surface area contributed by atoms with Crippen molar-refractivity contribution in [1.29, 1.82) is 0 Å². The highest BCUT2D eigenvalue weighted by Crippen LogP contribution is 2.26. The number of hydrogen-bond acceptors (Lipinski definition) is 10. The molecule has 0 aliphatic heterocycles. The van der Waals surface area contributed by atoms with E-state index < -0.39 is 52.7 Å². The lowest BCUT2D eigenvalue weighted by atomic mass is 10.1. The van der Waals surface area contributed by atoms with E-state index in [0.717, 1.165) is 30.3 Å². The van der Waals surface area contributed by atoms with E-state index in [1.54, 1.807) is 0 Å². The van der Waals surface area contributed by atoms with Gasteiger partial charge in [0, 0.05) is 23.9 Å². The zero-order chi connectivity index (χ0) is 27.3. The summed E-state index contributed by atoms with van der Waals surface area (Å²) in [6.07, 6.45) is 0. The summed E-state index contributed by atoms with van der Waals surface area (Å²) >= 11 is 0. The zero-order valence-electron chi connectivity index (χ0n) is 18.7. The molecule has 0 heterocycles. The number of benzene rings is 3. The standard InChI is InChI=1S/C21H16N6O9S/c1-13(22-23-21(28)15-10-17(25(29)30)12-18(11-15)26(31)32)14-6-8-16(9-7-14)24-37(35,36)20-5-3-2-4-19(20)27(33)34/h2-12,24H,1H3,(H,23,28)/b22-13-. The van der Waals surface area contributed by atoms with E-state index in [1.807, 2.05) is 0 Å². The Balaban J connectivity index is 1.76. The minimum atomic E-state index is -4.27. The number of para-hydroxylation sites is 1. The van der Waals surface area contributed by atoms with Crippen molar-refractivity contribution in [3.8, 4) is 0 Å². The topological polar surface area (TPSA) is 217 Å². The molecule has 0 fully saturated rings. The Morgan fingerprint density at radius 1 is 0.811 bits per heavy atom. The second kappa shape index (κ2) is 10.6. The fraction of sp³-hybridized carbons (Fsp3) is 0.0476. The van der Waals surface area contributed by atoms with Crippen LogP contribution in [0.3, 0.4) is 0 Å². The van der Waals surface area contributed by atoms with Gasteiger partial charge in [-0.15, -0.1) is 0 Å². The van der Waals surface area contributed by atoms with Crippen LogP contribution in [0.1, 0.15) is 22.8 Å². The van der Waals surface area contributed by atoms with Gasteiger partial charge in [0.15, 0.2) is 4.90 Å². The largest absolute Gasteiger partial charge is 0.289 e. The normalized spacial score (nSPS) is 11.4. The summed E-state index contributed by atoms with van der Waals surface area (Å²) in [6, 6.07) is 13.0. The first kappa shape index (κ1) is 26.4. The second-order valence-corrected chi connectivity index (χ2v) is 8.95. The molecule has 0 saturated carbocycles. The molecule has 0 radical (unpaired) electrons. The predicted octanol–water partition coefficient (Wildman–Crippen LogP) is 3.37. The number of carbonyl (C=O) groups is 1. The van der Waals surface area contributed by atoms with Gasteiger partial charge < -0.3 is 0 Å². The highest BCUT2D eigenvalue weighted by molar-refractivity contribution is 7.92. The van der Waals surface area contributed by atoms with Crippen LogP contribution in [-0.2, 0) is 10.0 Å². The number of nitro groups is 3. The van der Waals surface area contributed by atoms with Gasteiger partial charge in [0.25, 0.3) is 33.0 Å². The van der Waals surface area contributed by atoms with Gasteiger partial charge in [-0.05, 0) is 30.7 Å². The summed E-state index contributed by atoms with van der Waals surface area (Å²) < 4.78 is 27.5. The zero-order valence-corrected chi connectivity index (χ0v) is 19.5. The van der Waals surface area contributed by atoms with Crippen molar-refractivity contribution in [2.75, 3.05) is 4.72 Å². The highest BCUT2D eigenvalue weighted by Gasteiger charge is 2.25. The number of nitrogens with one attached hydrogen (secondary N) is 2. The van der Waals surface area contributed by atoms with Gasteiger partial charge in [-0.3, -0.25) is 39.9 Å². The van der Waals surface area contributed by atoms with E-state index in [-0.39, 0.29) is 17.0 Å². The number of hydrogen-bond donors (Lipinski definition) is 2. The molecule has 37 heavy (non-hydrogen) atoms. The van der Waals surface area contributed by atoms with E-state index in [2.05, 4.69) is 15.2 Å². The molecule has 1 amide bonds. The first-order chi connectivity index (χ1) is 17.4. The molecule has 0 aromatic heterocycles. The summed E-state index contributed by atoms with van der Waals surface area (Å²) in [5.74, 6) is -0.931. The number of sulfonamides is 1. The average molecular weight is 528 g/mol. The van der Waals surface area contributed by atoms with Gasteiger partial charge in [0.2, 0.25) is 0 Å². The van der Waals surface area contributed by atoms with Crippen molar-refractivity contribution in [3.05, 3.63) is 108 Å². The number of anilines is 1. The van der Waals surface area contributed by atoms with Gasteiger partial charge in [0.1, 0.15) is 0 Å². The SMILES string of the molecule is C/C(=N/NC(=O)c1cc([N+](=O)[O-])cc([N+](=O)[O-])c1)c1ccc(NS(=O)(=O)c2ccccc2[N+](=O)[O-])cc1. The molecular formula is C21H16N6O9S.